The van der Waals surface area contributed by atoms with Crippen molar-refractivity contribution in [2.24, 2.45) is 10.9 Å². The molecule has 7 heteroatoms. The van der Waals surface area contributed by atoms with E-state index in [2.05, 4.69) is 4.99 Å². The first kappa shape index (κ1) is 28.8. The highest BCUT2D eigenvalue weighted by molar-refractivity contribution is 6.44. The number of halogens is 3. The first-order chi connectivity index (χ1) is 16.9. The van der Waals surface area contributed by atoms with Gasteiger partial charge in [-0.05, 0) is 73.9 Å². The van der Waals surface area contributed by atoms with Crippen LogP contribution in [0.15, 0.2) is 71.6 Å². The van der Waals surface area contributed by atoms with Gasteiger partial charge < -0.3 is 5.11 Å². The zero-order valence-electron chi connectivity index (χ0n) is 21.0. The Balaban J connectivity index is 0.000000297. The van der Waals surface area contributed by atoms with Crippen LogP contribution in [0.3, 0.4) is 0 Å². The van der Waals surface area contributed by atoms with E-state index in [1.54, 1.807) is 24.4 Å². The molecule has 3 rings (SSSR count). The number of allylic oxidation sites excluding steroid dienone is 3. The third kappa shape index (κ3) is 8.95. The van der Waals surface area contributed by atoms with E-state index in [0.29, 0.717) is 30.4 Å². The molecule has 1 aliphatic heterocycles. The summed E-state index contributed by atoms with van der Waals surface area (Å²) in [7, 11) is 0. The van der Waals surface area contributed by atoms with Gasteiger partial charge in [-0.3, -0.25) is 9.59 Å². The summed E-state index contributed by atoms with van der Waals surface area (Å²) >= 11 is 0. The Bertz CT molecular complexity index is 1180. The van der Waals surface area contributed by atoms with E-state index in [-0.39, 0.29) is 29.0 Å². The lowest BCUT2D eigenvalue weighted by Gasteiger charge is -2.09. The molecule has 0 amide bonds. The maximum absolute atomic E-state index is 12.7. The SMILES string of the molecule is CC(=O)C1=N\C=C\CC(C)/C=C\1O.Cc1ccc(C(=O)CCCc2cccc(C(F)(F)F)c2)cc1C. The van der Waals surface area contributed by atoms with Gasteiger partial charge in [-0.25, -0.2) is 4.99 Å². The first-order valence-corrected chi connectivity index (χ1v) is 11.8. The minimum Gasteiger partial charge on any atom is -0.506 e. The number of hydrogen-bond donors (Lipinski definition) is 1. The third-order valence-corrected chi connectivity index (χ3v) is 5.79. The van der Waals surface area contributed by atoms with Gasteiger partial charge in [-0.1, -0.05) is 43.3 Å². The number of ketones is 2. The quantitative estimate of drug-likeness (QED) is 0.418. The van der Waals surface area contributed by atoms with Crippen LogP contribution in [-0.4, -0.2) is 22.4 Å². The summed E-state index contributed by atoms with van der Waals surface area (Å²) in [6, 6.07) is 10.9. The van der Waals surface area contributed by atoms with Crippen LogP contribution in [0.4, 0.5) is 13.2 Å². The van der Waals surface area contributed by atoms with Gasteiger partial charge in [0, 0.05) is 25.1 Å². The average Bonchev–Trinajstić information content (AvgIpc) is 2.79. The van der Waals surface area contributed by atoms with Crippen LogP contribution >= 0.6 is 0 Å². The van der Waals surface area contributed by atoms with Gasteiger partial charge in [0.15, 0.2) is 11.6 Å². The number of carbonyl (C=O) groups excluding carboxylic acids is 2. The molecule has 0 spiro atoms. The smallest absolute Gasteiger partial charge is 0.416 e. The van der Waals surface area contributed by atoms with Crippen LogP contribution in [0.2, 0.25) is 0 Å². The van der Waals surface area contributed by atoms with E-state index in [0.717, 1.165) is 29.7 Å². The van der Waals surface area contributed by atoms with E-state index in [1.165, 1.54) is 13.0 Å². The fraction of sp³-hybridized carbons (Fsp3) is 0.345. The van der Waals surface area contributed by atoms with Crippen LogP contribution in [-0.2, 0) is 17.4 Å². The molecule has 0 radical (unpaired) electrons. The van der Waals surface area contributed by atoms with Crippen molar-refractivity contribution >= 4 is 17.3 Å². The maximum Gasteiger partial charge on any atom is 0.416 e. The largest absolute Gasteiger partial charge is 0.506 e. The van der Waals surface area contributed by atoms with Gasteiger partial charge in [0.25, 0.3) is 0 Å². The number of carbonyl (C=O) groups is 2. The van der Waals surface area contributed by atoms with Crippen molar-refractivity contribution in [3.05, 3.63) is 94.4 Å². The summed E-state index contributed by atoms with van der Waals surface area (Å²) in [5, 5.41) is 9.49. The number of benzene rings is 2. The van der Waals surface area contributed by atoms with Crippen molar-refractivity contribution in [2.75, 3.05) is 0 Å². The number of nitrogens with zero attached hydrogens (tertiary/aromatic N) is 1. The van der Waals surface area contributed by atoms with Crippen LogP contribution in [0.5, 0.6) is 0 Å². The summed E-state index contributed by atoms with van der Waals surface area (Å²) in [6.07, 6.45) is 2.94. The molecule has 1 aliphatic rings. The Kier molecular flexibility index (Phi) is 10.4. The second kappa shape index (κ2) is 13.0. The lowest BCUT2D eigenvalue weighted by Crippen LogP contribution is -2.14. The lowest BCUT2D eigenvalue weighted by molar-refractivity contribution is -0.137. The Morgan fingerprint density at radius 2 is 1.81 bits per heavy atom. The molecule has 1 unspecified atom stereocenters. The summed E-state index contributed by atoms with van der Waals surface area (Å²) in [6.45, 7) is 7.30. The van der Waals surface area contributed by atoms with Crippen molar-refractivity contribution in [3.8, 4) is 0 Å². The fourth-order valence-electron chi connectivity index (χ4n) is 3.57. The summed E-state index contributed by atoms with van der Waals surface area (Å²) in [5.74, 6) is 0.0398. The summed E-state index contributed by atoms with van der Waals surface area (Å²) < 4.78 is 38.0. The van der Waals surface area contributed by atoms with E-state index >= 15 is 0 Å². The maximum atomic E-state index is 12.7. The van der Waals surface area contributed by atoms with Gasteiger partial charge in [-0.2, -0.15) is 13.2 Å². The number of aliphatic hydroxyl groups is 1. The average molecular weight is 500 g/mol. The fourth-order valence-corrected chi connectivity index (χ4v) is 3.57. The minimum atomic E-state index is -4.33. The third-order valence-electron chi connectivity index (χ3n) is 5.79. The normalized spacial score (nSPS) is 19.4. The first-order valence-electron chi connectivity index (χ1n) is 11.8. The molecule has 0 saturated heterocycles. The lowest BCUT2D eigenvalue weighted by atomic mass is 9.99. The Morgan fingerprint density at radius 3 is 2.44 bits per heavy atom. The number of aliphatic hydroxyl groups excluding tert-OH is 1. The van der Waals surface area contributed by atoms with E-state index in [9.17, 15) is 27.9 Å². The molecule has 36 heavy (non-hydrogen) atoms. The minimum absolute atomic E-state index is 0.00986. The van der Waals surface area contributed by atoms with Crippen molar-refractivity contribution in [2.45, 2.75) is 59.6 Å². The van der Waals surface area contributed by atoms with E-state index in [4.69, 9.17) is 0 Å². The molecule has 2 aromatic rings. The van der Waals surface area contributed by atoms with Crippen molar-refractivity contribution in [3.63, 3.8) is 0 Å². The van der Waals surface area contributed by atoms with Crippen molar-refractivity contribution < 1.29 is 27.9 Å². The molecule has 0 aliphatic carbocycles. The van der Waals surface area contributed by atoms with Crippen molar-refractivity contribution in [1.82, 2.24) is 0 Å². The Labute approximate surface area is 210 Å². The number of aryl methyl sites for hydroxylation is 3. The molecule has 1 heterocycles. The van der Waals surface area contributed by atoms with Crippen LogP contribution in [0.1, 0.15) is 65.7 Å². The molecule has 1 atom stereocenters. The Morgan fingerprint density at radius 1 is 1.08 bits per heavy atom. The topological polar surface area (TPSA) is 66.7 Å². The van der Waals surface area contributed by atoms with Gasteiger partial charge in [0.1, 0.15) is 11.5 Å². The van der Waals surface area contributed by atoms with E-state index in [1.807, 2.05) is 39.0 Å². The molecule has 2 aromatic carbocycles. The van der Waals surface area contributed by atoms with Crippen LogP contribution in [0, 0.1) is 19.8 Å². The molecule has 0 bridgehead atoms. The predicted octanol–water partition coefficient (Wildman–Crippen LogP) is 7.54. The molecule has 0 fully saturated rings. The van der Waals surface area contributed by atoms with E-state index < -0.39 is 11.7 Å². The Hall–Kier alpha value is -3.48. The van der Waals surface area contributed by atoms with Crippen LogP contribution < -0.4 is 0 Å². The molecular formula is C29H32F3NO3. The van der Waals surface area contributed by atoms with Gasteiger partial charge in [0.05, 0.1) is 5.56 Å². The van der Waals surface area contributed by atoms with Gasteiger partial charge in [0.2, 0.25) is 0 Å². The molecule has 0 saturated carbocycles. The molecule has 1 N–H and O–H groups in total. The van der Waals surface area contributed by atoms with Crippen LogP contribution in [0.25, 0.3) is 0 Å². The second-order valence-corrected chi connectivity index (χ2v) is 8.96. The van der Waals surface area contributed by atoms with Crippen molar-refractivity contribution in [1.29, 1.82) is 0 Å². The number of Topliss-reactive ketones (excluding diaryl/α,β-unsaturated/α-hetero) is 2. The summed E-state index contributed by atoms with van der Waals surface area (Å²) in [5.41, 5.74) is 2.96. The number of aliphatic imine (C=N–C) groups is 1. The highest BCUT2D eigenvalue weighted by Crippen LogP contribution is 2.29. The molecule has 0 aromatic heterocycles. The molecular weight excluding hydrogens is 467 g/mol. The summed E-state index contributed by atoms with van der Waals surface area (Å²) in [4.78, 5) is 27.0. The zero-order valence-corrected chi connectivity index (χ0v) is 21.0. The molecule has 4 nitrogen and oxygen atoms in total. The van der Waals surface area contributed by atoms with Gasteiger partial charge in [-0.15, -0.1) is 0 Å². The highest BCUT2D eigenvalue weighted by Gasteiger charge is 2.30. The predicted molar refractivity (Wildman–Crippen MR) is 136 cm³/mol. The number of alkyl halides is 3. The second-order valence-electron chi connectivity index (χ2n) is 8.96. The number of hydrogen-bond acceptors (Lipinski definition) is 4. The molecule has 192 valence electrons. The highest BCUT2D eigenvalue weighted by atomic mass is 19.4. The zero-order chi connectivity index (χ0) is 26.9. The van der Waals surface area contributed by atoms with Gasteiger partial charge >= 0.3 is 6.18 Å². The standard InChI is InChI=1S/C19H19F3O.C10H13NO2/c1-13-9-10-16(11-14(13)2)18(23)8-4-6-15-5-3-7-17(12-15)19(20,21)22;1-7-4-3-5-11-10(8(2)12)9(13)6-7/h3,5,7,9-12H,4,6,8H2,1-2H3;3,5-7,13H,4H2,1-2H3/b;5-3+,9-6+,11-10+. The number of rotatable bonds is 6. The monoisotopic (exact) mass is 499 g/mol.